The topological polar surface area (TPSA) is 38.0 Å². The van der Waals surface area contributed by atoms with Gasteiger partial charge in [0.25, 0.3) is 0 Å². The average Bonchev–Trinajstić information content (AvgIpc) is 2.52. The predicted molar refractivity (Wildman–Crippen MR) is 92.9 cm³/mol. The fourth-order valence-corrected chi connectivity index (χ4v) is 2.06. The molecule has 0 saturated carbocycles. The Balaban J connectivity index is 0.000000211. The van der Waals surface area contributed by atoms with Gasteiger partial charge in [-0.3, -0.25) is 0 Å². The second kappa shape index (κ2) is 11.3. The monoisotopic (exact) mass is 304 g/mol. The van der Waals surface area contributed by atoms with Gasteiger partial charge in [-0.2, -0.15) is 0 Å². The van der Waals surface area contributed by atoms with Crippen molar-refractivity contribution in [3.8, 4) is 0 Å². The number of benzene rings is 2. The first kappa shape index (κ1) is 17.7. The number of rotatable bonds is 6. The van der Waals surface area contributed by atoms with Crippen LogP contribution in [0.25, 0.3) is 0 Å². The van der Waals surface area contributed by atoms with Gasteiger partial charge >= 0.3 is 0 Å². The maximum Gasteiger partial charge on any atom is 0.0406 e. The van der Waals surface area contributed by atoms with Crippen LogP contribution in [0.5, 0.6) is 0 Å². The third kappa shape index (κ3) is 8.51. The SMILES string of the molecule is CNCCCc1ccccc1.NCCc1ccc(Cl)cc1. The largest absolute Gasteiger partial charge is 0.330 e. The van der Waals surface area contributed by atoms with Crippen LogP contribution in [-0.4, -0.2) is 20.1 Å². The van der Waals surface area contributed by atoms with Gasteiger partial charge in [0.1, 0.15) is 0 Å². The highest BCUT2D eigenvalue weighted by Crippen LogP contribution is 2.09. The van der Waals surface area contributed by atoms with E-state index in [2.05, 4.69) is 35.6 Å². The fourth-order valence-electron chi connectivity index (χ4n) is 1.93. The van der Waals surface area contributed by atoms with Crippen molar-refractivity contribution in [2.45, 2.75) is 19.3 Å². The summed E-state index contributed by atoms with van der Waals surface area (Å²) in [5.41, 5.74) is 8.04. The average molecular weight is 305 g/mol. The van der Waals surface area contributed by atoms with E-state index >= 15 is 0 Å². The maximum absolute atomic E-state index is 5.68. The summed E-state index contributed by atoms with van der Waals surface area (Å²) in [6, 6.07) is 18.3. The van der Waals surface area contributed by atoms with Crippen LogP contribution >= 0.6 is 11.6 Å². The van der Waals surface area contributed by atoms with Crippen LogP contribution in [0.3, 0.4) is 0 Å². The van der Waals surface area contributed by atoms with Crippen molar-refractivity contribution in [2.24, 2.45) is 5.73 Å². The first-order valence-electron chi connectivity index (χ1n) is 7.39. The molecule has 0 unspecified atom stereocenters. The number of nitrogens with one attached hydrogen (secondary N) is 1. The second-order valence-electron chi connectivity index (χ2n) is 4.86. The normalized spacial score (nSPS) is 9.86. The van der Waals surface area contributed by atoms with Crippen molar-refractivity contribution >= 4 is 11.6 Å². The summed E-state index contributed by atoms with van der Waals surface area (Å²) < 4.78 is 0. The lowest BCUT2D eigenvalue weighted by Gasteiger charge is -1.99. The van der Waals surface area contributed by atoms with Crippen LogP contribution < -0.4 is 11.1 Å². The standard InChI is InChI=1S/C10H15N.C8H10ClN/c1-11-9-5-8-10-6-3-2-4-7-10;9-8-3-1-7(2-4-8)5-6-10/h2-4,6-7,11H,5,8-9H2,1H3;1-4H,5-6,10H2. The first-order valence-corrected chi connectivity index (χ1v) is 7.77. The zero-order valence-electron chi connectivity index (χ0n) is 12.7. The van der Waals surface area contributed by atoms with Crippen molar-refractivity contribution in [2.75, 3.05) is 20.1 Å². The molecular weight excluding hydrogens is 280 g/mol. The fraction of sp³-hybridized carbons (Fsp3) is 0.333. The van der Waals surface area contributed by atoms with E-state index in [0.29, 0.717) is 6.54 Å². The van der Waals surface area contributed by atoms with E-state index in [1.165, 1.54) is 24.0 Å². The van der Waals surface area contributed by atoms with Crippen LogP contribution in [0, 0.1) is 0 Å². The maximum atomic E-state index is 5.68. The van der Waals surface area contributed by atoms with Crippen LogP contribution in [0.4, 0.5) is 0 Å². The molecule has 0 aliphatic heterocycles. The first-order chi connectivity index (χ1) is 10.3. The molecule has 0 heterocycles. The van der Waals surface area contributed by atoms with Gasteiger partial charge in [0.15, 0.2) is 0 Å². The van der Waals surface area contributed by atoms with E-state index in [9.17, 15) is 0 Å². The molecule has 0 aliphatic carbocycles. The summed E-state index contributed by atoms with van der Waals surface area (Å²) in [4.78, 5) is 0. The summed E-state index contributed by atoms with van der Waals surface area (Å²) in [7, 11) is 1.99. The Morgan fingerprint density at radius 2 is 1.52 bits per heavy atom. The Bertz CT molecular complexity index is 468. The highest BCUT2D eigenvalue weighted by molar-refractivity contribution is 6.30. The van der Waals surface area contributed by atoms with E-state index in [0.717, 1.165) is 18.0 Å². The number of hydrogen-bond donors (Lipinski definition) is 2. The molecule has 0 amide bonds. The molecule has 0 bridgehead atoms. The minimum Gasteiger partial charge on any atom is -0.330 e. The summed E-state index contributed by atoms with van der Waals surface area (Å²) in [5, 5.41) is 3.92. The smallest absolute Gasteiger partial charge is 0.0406 e. The Morgan fingerprint density at radius 3 is 2.10 bits per heavy atom. The Labute approximate surface area is 133 Å². The molecule has 0 saturated heterocycles. The third-order valence-corrected chi connectivity index (χ3v) is 3.33. The van der Waals surface area contributed by atoms with E-state index in [1.54, 1.807) is 0 Å². The number of hydrogen-bond acceptors (Lipinski definition) is 2. The molecule has 0 fully saturated rings. The third-order valence-electron chi connectivity index (χ3n) is 3.08. The number of aryl methyl sites for hydroxylation is 1. The minimum atomic E-state index is 0.696. The van der Waals surface area contributed by atoms with Crippen molar-refractivity contribution in [1.29, 1.82) is 0 Å². The molecule has 0 radical (unpaired) electrons. The molecule has 114 valence electrons. The molecule has 21 heavy (non-hydrogen) atoms. The highest BCUT2D eigenvalue weighted by Gasteiger charge is 1.90. The van der Waals surface area contributed by atoms with Crippen LogP contribution in [-0.2, 0) is 12.8 Å². The summed E-state index contributed by atoms with van der Waals surface area (Å²) in [6.45, 7) is 1.80. The summed E-state index contributed by atoms with van der Waals surface area (Å²) in [5.74, 6) is 0. The molecule has 3 heteroatoms. The summed E-state index contributed by atoms with van der Waals surface area (Å²) in [6.07, 6.45) is 3.33. The molecule has 0 spiro atoms. The lowest BCUT2D eigenvalue weighted by Crippen LogP contribution is -2.08. The molecule has 0 aliphatic rings. The van der Waals surface area contributed by atoms with Crippen molar-refractivity contribution < 1.29 is 0 Å². The van der Waals surface area contributed by atoms with E-state index < -0.39 is 0 Å². The highest BCUT2D eigenvalue weighted by atomic mass is 35.5. The van der Waals surface area contributed by atoms with Gasteiger partial charge < -0.3 is 11.1 Å². The Hall–Kier alpha value is -1.35. The molecular formula is C18H25ClN2. The van der Waals surface area contributed by atoms with Gasteiger partial charge in [-0.25, -0.2) is 0 Å². The van der Waals surface area contributed by atoms with E-state index in [1.807, 2.05) is 31.3 Å². The van der Waals surface area contributed by atoms with E-state index in [-0.39, 0.29) is 0 Å². The van der Waals surface area contributed by atoms with Crippen molar-refractivity contribution in [3.63, 3.8) is 0 Å². The van der Waals surface area contributed by atoms with Gasteiger partial charge in [0.05, 0.1) is 0 Å². The molecule has 2 rings (SSSR count). The second-order valence-corrected chi connectivity index (χ2v) is 5.29. The summed E-state index contributed by atoms with van der Waals surface area (Å²) >= 11 is 5.68. The lowest BCUT2D eigenvalue weighted by atomic mass is 10.1. The lowest BCUT2D eigenvalue weighted by molar-refractivity contribution is 0.725. The zero-order chi connectivity index (χ0) is 15.3. The molecule has 0 atom stereocenters. The van der Waals surface area contributed by atoms with Crippen LogP contribution in [0.2, 0.25) is 5.02 Å². The van der Waals surface area contributed by atoms with Gasteiger partial charge in [-0.15, -0.1) is 0 Å². The van der Waals surface area contributed by atoms with Crippen molar-refractivity contribution in [3.05, 3.63) is 70.7 Å². The molecule has 3 N–H and O–H groups in total. The number of halogens is 1. The van der Waals surface area contributed by atoms with Gasteiger partial charge in [-0.05, 0) is 62.7 Å². The Kier molecular flexibility index (Phi) is 9.55. The van der Waals surface area contributed by atoms with E-state index in [4.69, 9.17) is 17.3 Å². The minimum absolute atomic E-state index is 0.696. The van der Waals surface area contributed by atoms with Gasteiger partial charge in [0.2, 0.25) is 0 Å². The molecule has 0 aromatic heterocycles. The van der Waals surface area contributed by atoms with Gasteiger partial charge in [0, 0.05) is 5.02 Å². The van der Waals surface area contributed by atoms with Gasteiger partial charge in [-0.1, -0.05) is 54.1 Å². The van der Waals surface area contributed by atoms with Crippen LogP contribution in [0.15, 0.2) is 54.6 Å². The molecule has 2 aromatic carbocycles. The Morgan fingerprint density at radius 1 is 0.905 bits per heavy atom. The quantitative estimate of drug-likeness (QED) is 0.799. The molecule has 2 aromatic rings. The zero-order valence-corrected chi connectivity index (χ0v) is 13.4. The molecule has 2 nitrogen and oxygen atoms in total. The van der Waals surface area contributed by atoms with Crippen LogP contribution in [0.1, 0.15) is 17.5 Å². The van der Waals surface area contributed by atoms with Crippen molar-refractivity contribution in [1.82, 2.24) is 5.32 Å². The number of nitrogens with two attached hydrogens (primary N) is 1. The predicted octanol–water partition coefficient (Wildman–Crippen LogP) is 3.68.